The highest BCUT2D eigenvalue weighted by atomic mass is 32.2. The van der Waals surface area contributed by atoms with Crippen LogP contribution in [0.3, 0.4) is 0 Å². The summed E-state index contributed by atoms with van der Waals surface area (Å²) in [7, 11) is -1.55. The van der Waals surface area contributed by atoms with E-state index in [9.17, 15) is 13.2 Å². The number of sulfonamides is 1. The van der Waals surface area contributed by atoms with Crippen molar-refractivity contribution in [2.24, 2.45) is 5.92 Å². The Kier molecular flexibility index (Phi) is 6.41. The van der Waals surface area contributed by atoms with Crippen LogP contribution in [-0.2, 0) is 19.6 Å². The molecule has 1 rings (SSSR count). The summed E-state index contributed by atoms with van der Waals surface area (Å²) < 4.78 is 29.9. The third-order valence-electron chi connectivity index (χ3n) is 3.93. The standard InChI is InChI=1S/C15H30N2O4S/c1-12(14(18)21-15(2,3)4)17-9-7-8-13(11-17)10-16(5)22(6,19)20/h12-13H,7-11H2,1-6H3/t12-,13+/m0/s1. The second-order valence-corrected chi connectivity index (χ2v) is 9.35. The Morgan fingerprint density at radius 3 is 2.50 bits per heavy atom. The van der Waals surface area contributed by atoms with Crippen molar-refractivity contribution in [3.63, 3.8) is 0 Å². The zero-order valence-electron chi connectivity index (χ0n) is 14.6. The topological polar surface area (TPSA) is 66.9 Å². The average molecular weight is 334 g/mol. The maximum absolute atomic E-state index is 12.2. The number of hydrogen-bond acceptors (Lipinski definition) is 5. The summed E-state index contributed by atoms with van der Waals surface area (Å²) in [5.41, 5.74) is -0.489. The van der Waals surface area contributed by atoms with Crippen molar-refractivity contribution in [3.8, 4) is 0 Å². The van der Waals surface area contributed by atoms with Gasteiger partial charge in [-0.1, -0.05) is 0 Å². The Morgan fingerprint density at radius 1 is 1.41 bits per heavy atom. The van der Waals surface area contributed by atoms with Gasteiger partial charge in [0.1, 0.15) is 11.6 Å². The highest BCUT2D eigenvalue weighted by molar-refractivity contribution is 7.88. The van der Waals surface area contributed by atoms with Gasteiger partial charge in [0.2, 0.25) is 10.0 Å². The van der Waals surface area contributed by atoms with Crippen LogP contribution in [0.15, 0.2) is 0 Å². The summed E-state index contributed by atoms with van der Waals surface area (Å²) in [5.74, 6) is 0.0305. The minimum Gasteiger partial charge on any atom is -0.459 e. The van der Waals surface area contributed by atoms with Crippen LogP contribution in [0.4, 0.5) is 0 Å². The lowest BCUT2D eigenvalue weighted by Crippen LogP contribution is -2.49. The molecular weight excluding hydrogens is 304 g/mol. The predicted octanol–water partition coefficient (Wildman–Crippen LogP) is 1.32. The van der Waals surface area contributed by atoms with Gasteiger partial charge < -0.3 is 4.74 Å². The van der Waals surface area contributed by atoms with Gasteiger partial charge in [-0.3, -0.25) is 9.69 Å². The molecule has 0 aliphatic carbocycles. The largest absolute Gasteiger partial charge is 0.459 e. The van der Waals surface area contributed by atoms with E-state index in [-0.39, 0.29) is 17.9 Å². The molecule has 1 saturated heterocycles. The SMILES string of the molecule is C[C@@H](C(=O)OC(C)(C)C)N1CCC[C@H](CN(C)S(C)(=O)=O)C1. The number of nitrogens with zero attached hydrogens (tertiary/aromatic N) is 2. The quantitative estimate of drug-likeness (QED) is 0.710. The smallest absolute Gasteiger partial charge is 0.323 e. The van der Waals surface area contributed by atoms with E-state index in [1.165, 1.54) is 10.6 Å². The zero-order valence-corrected chi connectivity index (χ0v) is 15.4. The van der Waals surface area contributed by atoms with Crippen molar-refractivity contribution in [3.05, 3.63) is 0 Å². The molecule has 1 fully saturated rings. The minimum atomic E-state index is -3.16. The van der Waals surface area contributed by atoms with E-state index in [1.54, 1.807) is 7.05 Å². The molecule has 1 heterocycles. The third-order valence-corrected chi connectivity index (χ3v) is 5.21. The molecule has 6 nitrogen and oxygen atoms in total. The van der Waals surface area contributed by atoms with Crippen molar-refractivity contribution in [1.29, 1.82) is 0 Å². The lowest BCUT2D eigenvalue weighted by atomic mass is 9.97. The summed E-state index contributed by atoms with van der Waals surface area (Å²) in [6.45, 7) is 9.50. The number of esters is 1. The van der Waals surface area contributed by atoms with Crippen LogP contribution in [0.1, 0.15) is 40.5 Å². The van der Waals surface area contributed by atoms with Gasteiger partial charge in [-0.05, 0) is 53.0 Å². The van der Waals surface area contributed by atoms with Crippen molar-refractivity contribution in [1.82, 2.24) is 9.21 Å². The van der Waals surface area contributed by atoms with Crippen LogP contribution in [-0.4, -0.2) is 68.2 Å². The zero-order chi connectivity index (χ0) is 17.1. The van der Waals surface area contributed by atoms with Crippen LogP contribution in [0.2, 0.25) is 0 Å². The second kappa shape index (κ2) is 7.27. The number of rotatable bonds is 5. The Labute approximate surface area is 134 Å². The van der Waals surface area contributed by atoms with Crippen LogP contribution in [0.25, 0.3) is 0 Å². The van der Waals surface area contributed by atoms with Crippen molar-refractivity contribution in [2.75, 3.05) is 32.9 Å². The van der Waals surface area contributed by atoms with Crippen molar-refractivity contribution in [2.45, 2.75) is 52.2 Å². The van der Waals surface area contributed by atoms with E-state index in [2.05, 4.69) is 4.90 Å². The molecule has 0 saturated carbocycles. The summed E-state index contributed by atoms with van der Waals surface area (Å²) >= 11 is 0. The molecule has 0 spiro atoms. The Hall–Kier alpha value is -0.660. The van der Waals surface area contributed by atoms with Crippen LogP contribution < -0.4 is 0 Å². The molecular formula is C15H30N2O4S. The monoisotopic (exact) mass is 334 g/mol. The number of carbonyl (C=O) groups is 1. The summed E-state index contributed by atoms with van der Waals surface area (Å²) in [6, 6.07) is -0.300. The number of carbonyl (C=O) groups excluding carboxylic acids is 1. The molecule has 0 radical (unpaired) electrons. The molecule has 22 heavy (non-hydrogen) atoms. The fourth-order valence-electron chi connectivity index (χ4n) is 2.63. The molecule has 0 unspecified atom stereocenters. The van der Waals surface area contributed by atoms with Gasteiger partial charge >= 0.3 is 5.97 Å². The molecule has 130 valence electrons. The second-order valence-electron chi connectivity index (χ2n) is 7.26. The Morgan fingerprint density at radius 2 is 2.00 bits per heavy atom. The number of likely N-dealkylation sites (tertiary alicyclic amines) is 1. The van der Waals surface area contributed by atoms with Gasteiger partial charge in [0, 0.05) is 20.1 Å². The molecule has 2 atom stereocenters. The van der Waals surface area contributed by atoms with Crippen molar-refractivity contribution < 1.29 is 17.9 Å². The van der Waals surface area contributed by atoms with Gasteiger partial charge in [-0.2, -0.15) is 0 Å². The van der Waals surface area contributed by atoms with Gasteiger partial charge in [-0.25, -0.2) is 12.7 Å². The molecule has 1 aliphatic heterocycles. The normalized spacial score (nSPS) is 22.6. The fraction of sp³-hybridized carbons (Fsp3) is 0.933. The van der Waals surface area contributed by atoms with Crippen LogP contribution >= 0.6 is 0 Å². The molecule has 0 aromatic rings. The first kappa shape index (κ1) is 19.4. The van der Waals surface area contributed by atoms with Crippen LogP contribution in [0, 0.1) is 5.92 Å². The molecule has 0 aromatic heterocycles. The summed E-state index contributed by atoms with van der Waals surface area (Å²) in [4.78, 5) is 14.3. The average Bonchev–Trinajstić information content (AvgIpc) is 2.35. The maximum Gasteiger partial charge on any atom is 0.323 e. The van der Waals surface area contributed by atoms with E-state index in [0.717, 1.165) is 25.9 Å². The first-order valence-corrected chi connectivity index (χ1v) is 9.63. The maximum atomic E-state index is 12.2. The van der Waals surface area contributed by atoms with Crippen LogP contribution in [0.5, 0.6) is 0 Å². The van der Waals surface area contributed by atoms with E-state index >= 15 is 0 Å². The van der Waals surface area contributed by atoms with Gasteiger partial charge in [0.25, 0.3) is 0 Å². The van der Waals surface area contributed by atoms with Crippen molar-refractivity contribution >= 4 is 16.0 Å². The molecule has 0 aromatic carbocycles. The molecule has 1 aliphatic rings. The fourth-order valence-corrected chi connectivity index (χ4v) is 3.11. The molecule has 0 amide bonds. The van der Waals surface area contributed by atoms with E-state index in [4.69, 9.17) is 4.74 Å². The van der Waals surface area contributed by atoms with Gasteiger partial charge in [-0.15, -0.1) is 0 Å². The lowest BCUT2D eigenvalue weighted by molar-refractivity contribution is -0.161. The number of hydrogen-bond donors (Lipinski definition) is 0. The highest BCUT2D eigenvalue weighted by Crippen LogP contribution is 2.21. The Balaban J connectivity index is 2.61. The first-order valence-electron chi connectivity index (χ1n) is 7.78. The first-order chi connectivity index (χ1) is 9.90. The number of piperidine rings is 1. The molecule has 0 N–H and O–H groups in total. The predicted molar refractivity (Wildman–Crippen MR) is 87.1 cm³/mol. The summed E-state index contributed by atoms with van der Waals surface area (Å²) in [6.07, 6.45) is 3.17. The highest BCUT2D eigenvalue weighted by Gasteiger charge is 2.31. The van der Waals surface area contributed by atoms with E-state index in [1.807, 2.05) is 27.7 Å². The number of ether oxygens (including phenoxy) is 1. The minimum absolute atomic E-state index is 0.218. The Bertz CT molecular complexity index is 484. The third kappa shape index (κ3) is 6.22. The van der Waals surface area contributed by atoms with E-state index in [0.29, 0.717) is 6.54 Å². The summed E-state index contributed by atoms with van der Waals surface area (Å²) in [5, 5.41) is 0. The van der Waals surface area contributed by atoms with E-state index < -0.39 is 15.6 Å². The molecule has 0 bridgehead atoms. The lowest BCUT2D eigenvalue weighted by Gasteiger charge is -2.37. The van der Waals surface area contributed by atoms with Gasteiger partial charge in [0.15, 0.2) is 0 Å². The molecule has 7 heteroatoms. The van der Waals surface area contributed by atoms with Gasteiger partial charge in [0.05, 0.1) is 6.26 Å².